The Kier molecular flexibility index (Phi) is 6.51. The first-order valence-electron chi connectivity index (χ1n) is 10.1. The fourth-order valence-electron chi connectivity index (χ4n) is 3.55. The lowest BCUT2D eigenvalue weighted by Gasteiger charge is -2.21. The second-order valence-electron chi connectivity index (χ2n) is 7.81. The SMILES string of the molecule is CCOCCC1(CNC(=NCc2nnc(C)n2C)NC2CCCC2)CC1. The van der Waals surface area contributed by atoms with Crippen LogP contribution in [0.1, 0.15) is 63.5 Å². The Morgan fingerprint density at radius 1 is 1.31 bits per heavy atom. The Morgan fingerprint density at radius 3 is 2.69 bits per heavy atom. The van der Waals surface area contributed by atoms with Crippen molar-refractivity contribution in [3.8, 4) is 0 Å². The maximum Gasteiger partial charge on any atom is 0.191 e. The number of guanidine groups is 1. The normalized spacial score (nSPS) is 19.7. The first-order chi connectivity index (χ1) is 12.6. The van der Waals surface area contributed by atoms with Gasteiger partial charge in [0, 0.05) is 32.8 Å². The number of aromatic nitrogens is 3. The second kappa shape index (κ2) is 8.84. The molecule has 0 radical (unpaired) electrons. The third-order valence-corrected chi connectivity index (χ3v) is 5.83. The molecule has 0 spiro atoms. The van der Waals surface area contributed by atoms with E-state index in [9.17, 15) is 0 Å². The van der Waals surface area contributed by atoms with E-state index in [1.807, 2.05) is 18.5 Å². The summed E-state index contributed by atoms with van der Waals surface area (Å²) < 4.78 is 7.55. The highest BCUT2D eigenvalue weighted by atomic mass is 16.5. The lowest BCUT2D eigenvalue weighted by atomic mass is 10.0. The van der Waals surface area contributed by atoms with Gasteiger partial charge in [0.1, 0.15) is 12.4 Å². The van der Waals surface area contributed by atoms with Crippen LogP contribution in [0.4, 0.5) is 0 Å². The zero-order chi connectivity index (χ0) is 18.4. The predicted octanol–water partition coefficient (Wildman–Crippen LogP) is 2.31. The lowest BCUT2D eigenvalue weighted by Crippen LogP contribution is -2.44. The van der Waals surface area contributed by atoms with E-state index in [2.05, 4.69) is 27.8 Å². The van der Waals surface area contributed by atoms with E-state index < -0.39 is 0 Å². The molecule has 0 atom stereocenters. The van der Waals surface area contributed by atoms with Gasteiger partial charge in [-0.3, -0.25) is 0 Å². The Hall–Kier alpha value is -1.63. The minimum atomic E-state index is 0.397. The molecule has 1 aromatic rings. The van der Waals surface area contributed by atoms with E-state index in [-0.39, 0.29) is 0 Å². The van der Waals surface area contributed by atoms with Crippen molar-refractivity contribution in [1.82, 2.24) is 25.4 Å². The number of aliphatic imine (C=N–C) groups is 1. The van der Waals surface area contributed by atoms with Crippen molar-refractivity contribution in [3.63, 3.8) is 0 Å². The summed E-state index contributed by atoms with van der Waals surface area (Å²) in [6.07, 6.45) is 8.79. The lowest BCUT2D eigenvalue weighted by molar-refractivity contribution is 0.128. The molecule has 2 fully saturated rings. The van der Waals surface area contributed by atoms with Crippen LogP contribution in [0.2, 0.25) is 0 Å². The molecule has 1 aromatic heterocycles. The second-order valence-corrected chi connectivity index (χ2v) is 7.81. The molecule has 2 N–H and O–H groups in total. The summed E-state index contributed by atoms with van der Waals surface area (Å²) >= 11 is 0. The van der Waals surface area contributed by atoms with E-state index in [1.165, 1.54) is 38.5 Å². The van der Waals surface area contributed by atoms with Crippen molar-refractivity contribution in [2.75, 3.05) is 19.8 Å². The minimum Gasteiger partial charge on any atom is -0.382 e. The molecule has 2 saturated carbocycles. The summed E-state index contributed by atoms with van der Waals surface area (Å²) in [4.78, 5) is 4.80. The zero-order valence-electron chi connectivity index (χ0n) is 16.6. The Morgan fingerprint density at radius 2 is 2.08 bits per heavy atom. The van der Waals surface area contributed by atoms with E-state index in [0.29, 0.717) is 18.0 Å². The molecule has 0 saturated heterocycles. The molecule has 7 nitrogen and oxygen atoms in total. The summed E-state index contributed by atoms with van der Waals surface area (Å²) in [6.45, 7) is 7.20. The van der Waals surface area contributed by atoms with Crippen LogP contribution in [0.15, 0.2) is 4.99 Å². The molecule has 1 heterocycles. The summed E-state index contributed by atoms with van der Waals surface area (Å²) in [5, 5.41) is 15.6. The van der Waals surface area contributed by atoms with E-state index in [4.69, 9.17) is 9.73 Å². The molecule has 0 unspecified atom stereocenters. The Labute approximate surface area is 157 Å². The molecule has 2 aliphatic carbocycles. The van der Waals surface area contributed by atoms with E-state index >= 15 is 0 Å². The summed E-state index contributed by atoms with van der Waals surface area (Å²) in [7, 11) is 1.99. The number of rotatable bonds is 9. The van der Waals surface area contributed by atoms with Gasteiger partial charge in [-0.1, -0.05) is 12.8 Å². The highest BCUT2D eigenvalue weighted by molar-refractivity contribution is 5.80. The largest absolute Gasteiger partial charge is 0.382 e. The molecule has 3 rings (SSSR count). The van der Waals surface area contributed by atoms with Gasteiger partial charge in [-0.15, -0.1) is 10.2 Å². The Balaban J connectivity index is 1.57. The van der Waals surface area contributed by atoms with Gasteiger partial charge in [0.2, 0.25) is 0 Å². The van der Waals surface area contributed by atoms with Crippen molar-refractivity contribution in [2.24, 2.45) is 17.5 Å². The number of aryl methyl sites for hydroxylation is 1. The number of ether oxygens (including phenoxy) is 1. The van der Waals surface area contributed by atoms with Crippen LogP contribution in [-0.4, -0.2) is 46.5 Å². The van der Waals surface area contributed by atoms with Gasteiger partial charge in [-0.25, -0.2) is 4.99 Å². The predicted molar refractivity (Wildman–Crippen MR) is 103 cm³/mol. The molecule has 0 bridgehead atoms. The fourth-order valence-corrected chi connectivity index (χ4v) is 3.55. The highest BCUT2D eigenvalue weighted by Crippen LogP contribution is 2.48. The molecule has 26 heavy (non-hydrogen) atoms. The third-order valence-electron chi connectivity index (χ3n) is 5.83. The van der Waals surface area contributed by atoms with Gasteiger partial charge in [0.25, 0.3) is 0 Å². The van der Waals surface area contributed by atoms with Gasteiger partial charge in [-0.05, 0) is 51.4 Å². The smallest absolute Gasteiger partial charge is 0.191 e. The van der Waals surface area contributed by atoms with Gasteiger partial charge in [0.05, 0.1) is 0 Å². The van der Waals surface area contributed by atoms with Crippen molar-refractivity contribution < 1.29 is 4.74 Å². The van der Waals surface area contributed by atoms with Gasteiger partial charge >= 0.3 is 0 Å². The first kappa shape index (κ1) is 19.1. The summed E-state index contributed by atoms with van der Waals surface area (Å²) in [5.74, 6) is 2.73. The van der Waals surface area contributed by atoms with Crippen LogP contribution >= 0.6 is 0 Å². The topological polar surface area (TPSA) is 76.4 Å². The minimum absolute atomic E-state index is 0.397. The molecule has 2 aliphatic rings. The van der Waals surface area contributed by atoms with Gasteiger partial charge in [-0.2, -0.15) is 0 Å². The summed E-state index contributed by atoms with van der Waals surface area (Å²) in [5.41, 5.74) is 0.397. The van der Waals surface area contributed by atoms with Crippen LogP contribution in [0.25, 0.3) is 0 Å². The standard InChI is InChI=1S/C19H34N6O/c1-4-26-12-11-19(9-10-19)14-21-18(22-16-7-5-6-8-16)20-13-17-24-23-15(2)25(17)3/h16H,4-14H2,1-3H3,(H2,20,21,22). The average molecular weight is 363 g/mol. The highest BCUT2D eigenvalue weighted by Gasteiger charge is 2.42. The van der Waals surface area contributed by atoms with Gasteiger partial charge < -0.3 is 19.9 Å². The number of nitrogens with zero attached hydrogens (tertiary/aromatic N) is 4. The van der Waals surface area contributed by atoms with Crippen molar-refractivity contribution in [3.05, 3.63) is 11.6 Å². The van der Waals surface area contributed by atoms with Crippen molar-refractivity contribution in [2.45, 2.75) is 71.4 Å². The average Bonchev–Trinajstić information content (AvgIpc) is 3.07. The summed E-state index contributed by atoms with van der Waals surface area (Å²) in [6, 6.07) is 0.543. The number of hydrogen-bond donors (Lipinski definition) is 2. The fraction of sp³-hybridized carbons (Fsp3) is 0.842. The number of nitrogens with one attached hydrogen (secondary N) is 2. The molecular weight excluding hydrogens is 328 g/mol. The third kappa shape index (κ3) is 5.19. The van der Waals surface area contributed by atoms with Crippen molar-refractivity contribution >= 4 is 5.96 Å². The van der Waals surface area contributed by atoms with Gasteiger partial charge in [0.15, 0.2) is 11.8 Å². The zero-order valence-corrected chi connectivity index (χ0v) is 16.6. The Bertz CT molecular complexity index is 601. The van der Waals surface area contributed by atoms with Crippen LogP contribution < -0.4 is 10.6 Å². The van der Waals surface area contributed by atoms with Crippen LogP contribution in [0.3, 0.4) is 0 Å². The monoisotopic (exact) mass is 362 g/mol. The molecule has 146 valence electrons. The first-order valence-corrected chi connectivity index (χ1v) is 10.1. The molecular formula is C19H34N6O. The molecule has 0 amide bonds. The number of hydrogen-bond acceptors (Lipinski definition) is 4. The quantitative estimate of drug-likeness (QED) is 0.400. The molecule has 7 heteroatoms. The van der Waals surface area contributed by atoms with E-state index in [0.717, 1.165) is 43.8 Å². The van der Waals surface area contributed by atoms with Crippen LogP contribution in [-0.2, 0) is 18.3 Å². The molecule has 0 aliphatic heterocycles. The maximum absolute atomic E-state index is 5.55. The van der Waals surface area contributed by atoms with Crippen molar-refractivity contribution in [1.29, 1.82) is 0 Å². The molecule has 0 aromatic carbocycles. The van der Waals surface area contributed by atoms with Crippen LogP contribution in [0.5, 0.6) is 0 Å². The maximum atomic E-state index is 5.55. The van der Waals surface area contributed by atoms with Crippen LogP contribution in [0, 0.1) is 12.3 Å². The van der Waals surface area contributed by atoms with E-state index in [1.54, 1.807) is 0 Å².